The van der Waals surface area contributed by atoms with Crippen molar-refractivity contribution in [2.45, 2.75) is 0 Å². The third-order valence-electron chi connectivity index (χ3n) is 6.07. The number of aromatic hydroxyl groups is 1. The van der Waals surface area contributed by atoms with Crippen molar-refractivity contribution < 1.29 is 28.8 Å². The van der Waals surface area contributed by atoms with E-state index in [9.17, 15) is 9.90 Å². The number of anilines is 1. The van der Waals surface area contributed by atoms with Crippen LogP contribution in [0.4, 0.5) is 5.69 Å². The minimum atomic E-state index is -0.388. The van der Waals surface area contributed by atoms with Crippen molar-refractivity contribution in [2.24, 2.45) is 7.05 Å². The summed E-state index contributed by atoms with van der Waals surface area (Å²) in [6.07, 6.45) is 8.82. The smallest absolute Gasteiger partial charge is 0.248 e. The number of carbonyl (C=O) groups excluding carboxylic acids is 1. The van der Waals surface area contributed by atoms with Crippen LogP contribution in [0.2, 0.25) is 0 Å². The van der Waals surface area contributed by atoms with E-state index in [4.69, 9.17) is 18.9 Å². The fraction of sp³-hybridized carbons (Fsp3) is 0.167. The Morgan fingerprint density at radius 2 is 1.45 bits per heavy atom. The Kier molecular flexibility index (Phi) is 7.91. The standard InChI is InChI=1S/C30H30N2O6/c1-32-18-21(22-8-6-7-9-24(22)32)12-13-28(33)31-23-14-19(15-25(35-2)29(23)34)10-11-20-16-26(36-3)30(38-5)27(17-20)37-4/h6-18,34H,1-5H3,(H,31,33)/b11-10?,13-12+. The second-order valence-electron chi connectivity index (χ2n) is 8.45. The van der Waals surface area contributed by atoms with Gasteiger partial charge in [0.15, 0.2) is 23.0 Å². The highest BCUT2D eigenvalue weighted by molar-refractivity contribution is 6.04. The third kappa shape index (κ3) is 5.44. The molecule has 0 aliphatic heterocycles. The Labute approximate surface area is 221 Å². The van der Waals surface area contributed by atoms with Crippen LogP contribution in [0.5, 0.6) is 28.7 Å². The number of nitrogens with zero attached hydrogens (tertiary/aromatic N) is 1. The number of aromatic nitrogens is 1. The Morgan fingerprint density at radius 3 is 2.08 bits per heavy atom. The number of para-hydroxylation sites is 1. The summed E-state index contributed by atoms with van der Waals surface area (Å²) in [5, 5.41) is 14.4. The molecule has 8 heteroatoms. The Morgan fingerprint density at radius 1 is 0.842 bits per heavy atom. The van der Waals surface area contributed by atoms with E-state index in [0.717, 1.165) is 22.0 Å². The number of nitrogens with one attached hydrogen (secondary N) is 1. The number of hydrogen-bond donors (Lipinski definition) is 2. The van der Waals surface area contributed by atoms with E-state index < -0.39 is 0 Å². The molecule has 2 N–H and O–H groups in total. The van der Waals surface area contributed by atoms with E-state index in [-0.39, 0.29) is 23.1 Å². The highest BCUT2D eigenvalue weighted by Crippen LogP contribution is 2.39. The number of methoxy groups -OCH3 is 4. The molecule has 0 aliphatic rings. The third-order valence-corrected chi connectivity index (χ3v) is 6.07. The zero-order valence-corrected chi connectivity index (χ0v) is 21.9. The van der Waals surface area contributed by atoms with Gasteiger partial charge in [0.05, 0.1) is 34.1 Å². The van der Waals surface area contributed by atoms with Gasteiger partial charge in [0, 0.05) is 35.8 Å². The number of amides is 1. The molecule has 0 radical (unpaired) electrons. The van der Waals surface area contributed by atoms with Crippen molar-refractivity contribution in [3.05, 3.63) is 77.5 Å². The van der Waals surface area contributed by atoms with Crippen LogP contribution in [0.3, 0.4) is 0 Å². The van der Waals surface area contributed by atoms with Crippen LogP contribution in [0, 0.1) is 0 Å². The summed E-state index contributed by atoms with van der Waals surface area (Å²) in [6.45, 7) is 0. The quantitative estimate of drug-likeness (QED) is 0.168. The predicted octanol–water partition coefficient (Wildman–Crippen LogP) is 5.74. The van der Waals surface area contributed by atoms with E-state index >= 15 is 0 Å². The molecule has 1 amide bonds. The van der Waals surface area contributed by atoms with E-state index in [2.05, 4.69) is 5.32 Å². The highest BCUT2D eigenvalue weighted by atomic mass is 16.5. The second kappa shape index (κ2) is 11.5. The number of rotatable bonds is 9. The maximum absolute atomic E-state index is 12.8. The first kappa shape index (κ1) is 26.2. The molecule has 1 aromatic heterocycles. The highest BCUT2D eigenvalue weighted by Gasteiger charge is 2.14. The second-order valence-corrected chi connectivity index (χ2v) is 8.45. The monoisotopic (exact) mass is 514 g/mol. The van der Waals surface area contributed by atoms with Crippen molar-refractivity contribution >= 4 is 40.7 Å². The first-order valence-electron chi connectivity index (χ1n) is 11.8. The summed E-state index contributed by atoms with van der Waals surface area (Å²) in [5.74, 6) is 1.23. The lowest BCUT2D eigenvalue weighted by molar-refractivity contribution is -0.111. The molecule has 0 fully saturated rings. The van der Waals surface area contributed by atoms with Crippen LogP contribution in [0.1, 0.15) is 16.7 Å². The van der Waals surface area contributed by atoms with Gasteiger partial charge in [-0.2, -0.15) is 0 Å². The van der Waals surface area contributed by atoms with Crippen LogP contribution < -0.4 is 24.3 Å². The summed E-state index contributed by atoms with van der Waals surface area (Å²) in [6, 6.07) is 14.9. The molecule has 3 aromatic carbocycles. The predicted molar refractivity (Wildman–Crippen MR) is 150 cm³/mol. The largest absolute Gasteiger partial charge is 0.503 e. The van der Waals surface area contributed by atoms with Crippen molar-refractivity contribution in [1.82, 2.24) is 4.57 Å². The molecule has 4 aromatic rings. The number of hydrogen-bond acceptors (Lipinski definition) is 6. The SMILES string of the molecule is COc1cc(C=Cc2cc(OC)c(OC)c(OC)c2)cc(NC(=O)/C=C/c2cn(C)c3ccccc23)c1O. The van der Waals surface area contributed by atoms with Gasteiger partial charge in [0.1, 0.15) is 0 Å². The molecule has 0 atom stereocenters. The minimum Gasteiger partial charge on any atom is -0.503 e. The number of aryl methyl sites for hydroxylation is 1. The van der Waals surface area contributed by atoms with Gasteiger partial charge in [-0.1, -0.05) is 30.4 Å². The van der Waals surface area contributed by atoms with Gasteiger partial charge in [0.25, 0.3) is 0 Å². The van der Waals surface area contributed by atoms with Crippen LogP contribution in [-0.4, -0.2) is 44.0 Å². The number of ether oxygens (including phenoxy) is 4. The van der Waals surface area contributed by atoms with Crippen molar-refractivity contribution in [3.63, 3.8) is 0 Å². The molecular formula is C30H30N2O6. The van der Waals surface area contributed by atoms with Crippen molar-refractivity contribution in [1.29, 1.82) is 0 Å². The van der Waals surface area contributed by atoms with Crippen LogP contribution in [0.25, 0.3) is 29.1 Å². The van der Waals surface area contributed by atoms with Gasteiger partial charge in [-0.25, -0.2) is 0 Å². The molecule has 4 rings (SSSR count). The molecule has 8 nitrogen and oxygen atoms in total. The number of phenols is 1. The van der Waals surface area contributed by atoms with Crippen molar-refractivity contribution in [3.8, 4) is 28.7 Å². The number of carbonyl (C=O) groups is 1. The molecular weight excluding hydrogens is 484 g/mol. The Bertz CT molecular complexity index is 1510. The Balaban J connectivity index is 1.59. The molecule has 196 valence electrons. The van der Waals surface area contributed by atoms with Crippen LogP contribution in [0.15, 0.2) is 60.8 Å². The lowest BCUT2D eigenvalue weighted by Gasteiger charge is -2.13. The number of fused-ring (bicyclic) bond motifs is 1. The average molecular weight is 515 g/mol. The Hall–Kier alpha value is -4.85. The first-order valence-corrected chi connectivity index (χ1v) is 11.8. The average Bonchev–Trinajstić information content (AvgIpc) is 3.26. The summed E-state index contributed by atoms with van der Waals surface area (Å²) in [7, 11) is 8.07. The van der Waals surface area contributed by atoms with Gasteiger partial charge in [-0.15, -0.1) is 0 Å². The van der Waals surface area contributed by atoms with E-state index in [1.165, 1.54) is 13.2 Å². The zero-order valence-electron chi connectivity index (χ0n) is 21.9. The van der Waals surface area contributed by atoms with Gasteiger partial charge in [0.2, 0.25) is 11.7 Å². The number of phenolic OH excluding ortho intramolecular Hbond substituents is 1. The molecule has 0 spiro atoms. The van der Waals surface area contributed by atoms with Gasteiger partial charge < -0.3 is 33.9 Å². The van der Waals surface area contributed by atoms with Gasteiger partial charge in [-0.05, 0) is 47.5 Å². The fourth-order valence-corrected chi connectivity index (χ4v) is 4.21. The molecule has 0 bridgehead atoms. The summed E-state index contributed by atoms with van der Waals surface area (Å²) in [4.78, 5) is 12.8. The summed E-state index contributed by atoms with van der Waals surface area (Å²) < 4.78 is 23.6. The van der Waals surface area contributed by atoms with Gasteiger partial charge >= 0.3 is 0 Å². The molecule has 0 saturated carbocycles. The molecule has 38 heavy (non-hydrogen) atoms. The molecule has 0 unspecified atom stereocenters. The number of benzene rings is 3. The first-order chi connectivity index (χ1) is 18.4. The van der Waals surface area contributed by atoms with E-state index in [0.29, 0.717) is 22.8 Å². The zero-order chi connectivity index (χ0) is 27.2. The topological polar surface area (TPSA) is 91.2 Å². The lowest BCUT2D eigenvalue weighted by atomic mass is 10.1. The minimum absolute atomic E-state index is 0.163. The molecule has 1 heterocycles. The van der Waals surface area contributed by atoms with Gasteiger partial charge in [-0.3, -0.25) is 4.79 Å². The van der Waals surface area contributed by atoms with Crippen molar-refractivity contribution in [2.75, 3.05) is 33.8 Å². The molecule has 0 saturated heterocycles. The van der Waals surface area contributed by atoms with Crippen LogP contribution in [-0.2, 0) is 11.8 Å². The summed E-state index contributed by atoms with van der Waals surface area (Å²) in [5.41, 5.74) is 3.71. The fourth-order valence-electron chi connectivity index (χ4n) is 4.21. The summed E-state index contributed by atoms with van der Waals surface area (Å²) >= 11 is 0. The van der Waals surface area contributed by atoms with E-state index in [1.807, 2.05) is 66.4 Å². The van der Waals surface area contributed by atoms with E-state index in [1.54, 1.807) is 39.5 Å². The maximum Gasteiger partial charge on any atom is 0.248 e. The lowest BCUT2D eigenvalue weighted by Crippen LogP contribution is -2.08. The normalized spacial score (nSPS) is 11.3. The van der Waals surface area contributed by atoms with Crippen LogP contribution >= 0.6 is 0 Å². The molecule has 0 aliphatic carbocycles. The maximum atomic E-state index is 12.8.